The Morgan fingerprint density at radius 1 is 1.10 bits per heavy atom. The van der Waals surface area contributed by atoms with Crippen LogP contribution < -0.4 is 24.8 Å². The molecule has 7 rings (SSSR count). The Morgan fingerprint density at radius 2 is 1.84 bits per heavy atom. The van der Waals surface area contributed by atoms with E-state index in [0.717, 1.165) is 4.90 Å². The second-order valence-corrected chi connectivity index (χ2v) is 21.1. The number of hydrogen-bond donors (Lipinski definition) is 3. The van der Waals surface area contributed by atoms with Gasteiger partial charge in [0, 0.05) is 24.8 Å². The highest BCUT2D eigenvalue weighted by Gasteiger charge is 2.62. The molecule has 3 fully saturated rings. The second-order valence-electron chi connectivity index (χ2n) is 18.9. The summed E-state index contributed by atoms with van der Waals surface area (Å²) in [6, 6.07) is 1.99. The fraction of sp³-hybridized carbons (Fsp3) is 0.659. The van der Waals surface area contributed by atoms with Crippen LogP contribution in [0, 0.1) is 5.92 Å². The summed E-state index contributed by atoms with van der Waals surface area (Å²) in [7, 11) is -1.24. The van der Waals surface area contributed by atoms with Gasteiger partial charge in [-0.25, -0.2) is 27.0 Å². The van der Waals surface area contributed by atoms with Crippen LogP contribution in [-0.4, -0.2) is 103 Å². The normalized spacial score (nSPS) is 28.3. The van der Waals surface area contributed by atoms with E-state index in [2.05, 4.69) is 15.4 Å². The number of sulfonamides is 1. The van der Waals surface area contributed by atoms with E-state index in [0.29, 0.717) is 56.2 Å². The number of allylic oxidation sites excluding steroid dienone is 1. The first-order valence-electron chi connectivity index (χ1n) is 21.5. The number of fused-ring (bicyclic) bond motifs is 5. The van der Waals surface area contributed by atoms with Crippen molar-refractivity contribution in [2.45, 2.75) is 151 Å². The molecule has 1 aromatic carbocycles. The van der Waals surface area contributed by atoms with E-state index in [1.165, 1.54) is 20.3 Å². The van der Waals surface area contributed by atoms with E-state index in [1.54, 1.807) is 46.8 Å². The molecule has 340 valence electrons. The van der Waals surface area contributed by atoms with E-state index < -0.39 is 98.6 Å². The monoisotopic (exact) mass is 887 g/mol. The van der Waals surface area contributed by atoms with Gasteiger partial charge in [-0.05, 0) is 89.8 Å². The smallest absolute Gasteiger partial charge is 0.408 e. The Labute approximate surface area is 361 Å². The lowest BCUT2D eigenvalue weighted by atomic mass is 9.65. The molecule has 1 spiro atoms. The molecule has 1 aromatic heterocycles. The molecule has 4 heterocycles. The molecule has 0 radical (unpaired) electrons. The summed E-state index contributed by atoms with van der Waals surface area (Å²) in [6.45, 7) is 8.01. The Hall–Kier alpha value is -4.58. The summed E-state index contributed by atoms with van der Waals surface area (Å²) in [4.78, 5) is 63.5. The quantitative estimate of drug-likeness (QED) is 0.255. The van der Waals surface area contributed by atoms with Crippen LogP contribution in [0.1, 0.15) is 122 Å². The van der Waals surface area contributed by atoms with Gasteiger partial charge in [-0.2, -0.15) is 0 Å². The average Bonchev–Trinajstić information content (AvgIpc) is 3.85. The second kappa shape index (κ2) is 16.5. The van der Waals surface area contributed by atoms with E-state index in [-0.39, 0.29) is 47.8 Å². The number of aromatic nitrogens is 1. The van der Waals surface area contributed by atoms with Gasteiger partial charge in [0.1, 0.15) is 34.6 Å². The Bertz CT molecular complexity index is 2270. The van der Waals surface area contributed by atoms with Crippen LogP contribution in [0.15, 0.2) is 30.4 Å². The van der Waals surface area contributed by atoms with Crippen molar-refractivity contribution >= 4 is 44.7 Å². The number of carbonyl (C=O) groups excluding carboxylic acids is 4. The first kappa shape index (κ1) is 45.4. The van der Waals surface area contributed by atoms with Crippen LogP contribution in [0.2, 0.25) is 0 Å². The predicted octanol–water partition coefficient (Wildman–Crippen LogP) is 5.88. The van der Waals surface area contributed by atoms with Gasteiger partial charge in [0.05, 0.1) is 48.2 Å². The third-order valence-electron chi connectivity index (χ3n) is 13.2. The van der Waals surface area contributed by atoms with Crippen LogP contribution >= 0.6 is 0 Å². The predicted molar refractivity (Wildman–Crippen MR) is 224 cm³/mol. The van der Waals surface area contributed by atoms with Crippen molar-refractivity contribution in [1.29, 1.82) is 0 Å². The van der Waals surface area contributed by atoms with Gasteiger partial charge < -0.3 is 34.5 Å². The minimum Gasteiger partial charge on any atom is -0.497 e. The van der Waals surface area contributed by atoms with Crippen molar-refractivity contribution in [2.24, 2.45) is 5.92 Å². The molecule has 5 unspecified atom stereocenters. The molecule has 62 heavy (non-hydrogen) atoms. The molecular weight excluding hydrogens is 829 g/mol. The lowest BCUT2D eigenvalue weighted by molar-refractivity contribution is -0.145. The molecule has 2 aromatic rings. The highest BCUT2D eigenvalue weighted by Crippen LogP contribution is 2.55. The van der Waals surface area contributed by atoms with Crippen molar-refractivity contribution in [1.82, 2.24) is 25.2 Å². The van der Waals surface area contributed by atoms with E-state index in [9.17, 15) is 27.6 Å². The van der Waals surface area contributed by atoms with Crippen LogP contribution in [0.3, 0.4) is 0 Å². The maximum atomic E-state index is 17.2. The zero-order valence-electron chi connectivity index (χ0n) is 36.5. The molecule has 18 heteroatoms. The van der Waals surface area contributed by atoms with Crippen LogP contribution in [-0.2, 0) is 39.8 Å². The molecule has 1 saturated heterocycles. The summed E-state index contributed by atoms with van der Waals surface area (Å²) in [5.41, 5.74) is -4.42. The van der Waals surface area contributed by atoms with Gasteiger partial charge in [0.2, 0.25) is 21.8 Å². The first-order valence-corrected chi connectivity index (χ1v) is 23.0. The summed E-state index contributed by atoms with van der Waals surface area (Å²) < 4.78 is 85.2. The topological polar surface area (TPSA) is 192 Å². The van der Waals surface area contributed by atoms with Crippen LogP contribution in [0.5, 0.6) is 11.5 Å². The number of hydrogen-bond acceptors (Lipinski definition) is 11. The van der Waals surface area contributed by atoms with Crippen molar-refractivity contribution in [3.05, 3.63) is 41.6 Å². The van der Waals surface area contributed by atoms with Gasteiger partial charge >= 0.3 is 6.09 Å². The maximum absolute atomic E-state index is 17.2. The number of nitrogens with zero attached hydrogens (tertiary/aromatic N) is 2. The maximum Gasteiger partial charge on any atom is 0.408 e. The molecule has 4 amide bonds. The number of halogens is 2. The number of amides is 4. The third-order valence-corrected chi connectivity index (χ3v) is 15.3. The molecule has 15 nitrogen and oxygen atoms in total. The number of nitrogens with one attached hydrogen (secondary N) is 3. The SMILES string of the molecule is COCC(C)(C)OC(=O)NC1CCCCCC=CC2CCC2(C(=O)NS(=O)(=O)C2(C)CC2)NC(=O)C2CC3(CN2C1=O)CC(F)(F)c1c(c(C(C)C)nc2ccc(OC)cc12)O3. The zero-order valence-corrected chi connectivity index (χ0v) is 37.3. The first-order chi connectivity index (χ1) is 29.1. The zero-order chi connectivity index (χ0) is 45.0. The fourth-order valence-corrected chi connectivity index (χ4v) is 10.6. The van der Waals surface area contributed by atoms with Crippen molar-refractivity contribution in [2.75, 3.05) is 27.4 Å². The van der Waals surface area contributed by atoms with Gasteiger partial charge in [-0.3, -0.25) is 19.1 Å². The number of alkyl carbamates (subject to hydrolysis) is 1. The molecule has 3 N–H and O–H groups in total. The highest BCUT2D eigenvalue weighted by atomic mass is 32.2. The molecule has 3 aliphatic heterocycles. The average molecular weight is 888 g/mol. The summed E-state index contributed by atoms with van der Waals surface area (Å²) in [6.07, 6.45) is 5.33. The van der Waals surface area contributed by atoms with Crippen molar-refractivity contribution in [3.63, 3.8) is 0 Å². The number of methoxy groups -OCH3 is 2. The highest BCUT2D eigenvalue weighted by molar-refractivity contribution is 7.91. The number of alkyl halides is 2. The minimum atomic E-state index is -4.12. The van der Waals surface area contributed by atoms with Crippen LogP contribution in [0.25, 0.3) is 10.9 Å². The molecule has 5 aliphatic rings. The summed E-state index contributed by atoms with van der Waals surface area (Å²) >= 11 is 0. The van der Waals surface area contributed by atoms with Crippen LogP contribution in [0.4, 0.5) is 13.6 Å². The summed E-state index contributed by atoms with van der Waals surface area (Å²) in [5, 5.41) is 5.68. The lowest BCUT2D eigenvalue weighted by Gasteiger charge is -2.48. The molecule has 5 atom stereocenters. The lowest BCUT2D eigenvalue weighted by Crippen LogP contribution is -2.70. The van der Waals surface area contributed by atoms with Crippen molar-refractivity contribution in [3.8, 4) is 11.5 Å². The number of ether oxygens (including phenoxy) is 4. The number of rotatable bonds is 9. The Balaban J connectivity index is 1.31. The standard InChI is InChI=1S/C44H59F2N5O10S/c1-26(2)34-35-33(29-21-28(59-7)15-16-30(29)47-34)44(45,46)23-42(60-35)22-32-36(52)49-43(38(54)50-62(56,57)41(5)19-20-41)18-17-27(43)13-11-9-8-10-12-14-31(37(53)51(32)24-42)48-39(55)61-40(3,4)25-58-6/h11,13,15-16,21,26-27,31-32H,8-10,12,14,17-20,22-25H2,1-7H3,(H,48,55)(H,49,52)(H,50,54). The van der Waals surface area contributed by atoms with Gasteiger partial charge in [0.15, 0.2) is 5.75 Å². The molecule has 2 aliphatic carbocycles. The van der Waals surface area contributed by atoms with Crippen molar-refractivity contribution < 1.29 is 55.3 Å². The molecule has 2 saturated carbocycles. The van der Waals surface area contributed by atoms with Gasteiger partial charge in [-0.15, -0.1) is 0 Å². The summed E-state index contributed by atoms with van der Waals surface area (Å²) in [5.74, 6) is -6.82. The fourth-order valence-electron chi connectivity index (χ4n) is 9.33. The number of carbonyl (C=O) groups is 4. The minimum absolute atomic E-state index is 0.0582. The van der Waals surface area contributed by atoms with E-state index >= 15 is 8.78 Å². The Kier molecular flexibility index (Phi) is 12.1. The van der Waals surface area contributed by atoms with Gasteiger partial charge in [0.25, 0.3) is 11.8 Å². The number of benzene rings is 1. The van der Waals surface area contributed by atoms with E-state index in [4.69, 9.17) is 23.9 Å². The van der Waals surface area contributed by atoms with E-state index in [1.807, 2.05) is 12.2 Å². The number of pyridine rings is 1. The molecule has 0 bridgehead atoms. The Morgan fingerprint density at radius 3 is 2.48 bits per heavy atom. The van der Waals surface area contributed by atoms with Gasteiger partial charge in [-0.1, -0.05) is 38.8 Å². The largest absolute Gasteiger partial charge is 0.497 e. The third kappa shape index (κ3) is 8.57. The molecular formula is C44H59F2N5O10S.